The minimum absolute atomic E-state index is 0.139. The SMILES string of the molecule is COCCOCCN1C(=O)NC2(CCCNC2)C1=O. The van der Waals surface area contributed by atoms with E-state index in [1.165, 1.54) is 4.90 Å². The standard InChI is InChI=1S/C12H21N3O4/c1-18-7-8-19-6-5-15-10(16)12(14-11(15)17)3-2-4-13-9-12/h13H,2-9H2,1H3,(H,14,17). The van der Waals surface area contributed by atoms with E-state index in [2.05, 4.69) is 10.6 Å². The van der Waals surface area contributed by atoms with Gasteiger partial charge in [-0.1, -0.05) is 0 Å². The smallest absolute Gasteiger partial charge is 0.325 e. The number of imide groups is 1. The molecule has 2 rings (SSSR count). The Morgan fingerprint density at radius 1 is 1.32 bits per heavy atom. The number of hydrogen-bond acceptors (Lipinski definition) is 5. The van der Waals surface area contributed by atoms with Gasteiger partial charge in [0.1, 0.15) is 5.54 Å². The van der Waals surface area contributed by atoms with E-state index in [4.69, 9.17) is 9.47 Å². The predicted octanol–water partition coefficient (Wildman–Crippen LogP) is -0.677. The number of amides is 3. The monoisotopic (exact) mass is 271 g/mol. The third-order valence-corrected chi connectivity index (χ3v) is 3.52. The van der Waals surface area contributed by atoms with E-state index in [1.54, 1.807) is 7.11 Å². The molecule has 108 valence electrons. The minimum atomic E-state index is -0.734. The lowest BCUT2D eigenvalue weighted by atomic mass is 9.90. The lowest BCUT2D eigenvalue weighted by Crippen LogP contribution is -2.57. The Morgan fingerprint density at radius 3 is 2.84 bits per heavy atom. The Hall–Kier alpha value is -1.18. The van der Waals surface area contributed by atoms with Gasteiger partial charge in [-0.05, 0) is 19.4 Å². The summed E-state index contributed by atoms with van der Waals surface area (Å²) in [6.45, 7) is 3.01. The fourth-order valence-electron chi connectivity index (χ4n) is 2.47. The van der Waals surface area contributed by atoms with Crippen molar-refractivity contribution in [2.24, 2.45) is 0 Å². The van der Waals surface area contributed by atoms with Crippen LogP contribution in [0.15, 0.2) is 0 Å². The second kappa shape index (κ2) is 6.31. The summed E-state index contributed by atoms with van der Waals surface area (Å²) < 4.78 is 10.1. The molecule has 0 aliphatic carbocycles. The lowest BCUT2D eigenvalue weighted by Gasteiger charge is -2.31. The van der Waals surface area contributed by atoms with Gasteiger partial charge in [-0.2, -0.15) is 0 Å². The van der Waals surface area contributed by atoms with Crippen LogP contribution in [-0.2, 0) is 14.3 Å². The molecule has 2 fully saturated rings. The molecule has 0 aromatic rings. The summed E-state index contributed by atoms with van der Waals surface area (Å²) in [6, 6.07) is -0.316. The van der Waals surface area contributed by atoms with Crippen molar-refractivity contribution < 1.29 is 19.1 Å². The largest absolute Gasteiger partial charge is 0.382 e. The van der Waals surface area contributed by atoms with Crippen LogP contribution in [0.2, 0.25) is 0 Å². The molecule has 2 saturated heterocycles. The molecule has 2 heterocycles. The number of nitrogens with one attached hydrogen (secondary N) is 2. The molecule has 19 heavy (non-hydrogen) atoms. The zero-order chi connectivity index (χ0) is 13.7. The topological polar surface area (TPSA) is 79.9 Å². The van der Waals surface area contributed by atoms with E-state index >= 15 is 0 Å². The summed E-state index contributed by atoms with van der Waals surface area (Å²) in [5.74, 6) is -0.139. The van der Waals surface area contributed by atoms with E-state index < -0.39 is 5.54 Å². The highest BCUT2D eigenvalue weighted by Crippen LogP contribution is 2.24. The molecule has 2 aliphatic rings. The first-order valence-corrected chi connectivity index (χ1v) is 6.61. The van der Waals surface area contributed by atoms with E-state index in [-0.39, 0.29) is 18.5 Å². The molecule has 0 radical (unpaired) electrons. The number of nitrogens with zero attached hydrogens (tertiary/aromatic N) is 1. The van der Waals surface area contributed by atoms with E-state index in [1.807, 2.05) is 0 Å². The molecule has 0 aromatic heterocycles. The third-order valence-electron chi connectivity index (χ3n) is 3.52. The second-order valence-electron chi connectivity index (χ2n) is 4.85. The highest BCUT2D eigenvalue weighted by Gasteiger charge is 2.51. The van der Waals surface area contributed by atoms with Crippen molar-refractivity contribution in [1.29, 1.82) is 0 Å². The zero-order valence-corrected chi connectivity index (χ0v) is 11.2. The maximum atomic E-state index is 12.3. The molecule has 0 bridgehead atoms. The molecule has 2 N–H and O–H groups in total. The first-order valence-electron chi connectivity index (χ1n) is 6.61. The highest BCUT2D eigenvalue weighted by atomic mass is 16.5. The van der Waals surface area contributed by atoms with Crippen LogP contribution in [0, 0.1) is 0 Å². The van der Waals surface area contributed by atoms with Crippen LogP contribution < -0.4 is 10.6 Å². The number of urea groups is 1. The van der Waals surface area contributed by atoms with Crippen LogP contribution in [-0.4, -0.2) is 68.9 Å². The second-order valence-corrected chi connectivity index (χ2v) is 4.85. The number of ether oxygens (including phenoxy) is 2. The van der Waals surface area contributed by atoms with E-state index in [0.29, 0.717) is 32.8 Å². The van der Waals surface area contributed by atoms with Crippen molar-refractivity contribution in [3.63, 3.8) is 0 Å². The highest BCUT2D eigenvalue weighted by molar-refractivity contribution is 6.07. The summed E-state index contributed by atoms with van der Waals surface area (Å²) >= 11 is 0. The van der Waals surface area contributed by atoms with E-state index in [9.17, 15) is 9.59 Å². The maximum Gasteiger partial charge on any atom is 0.325 e. The molecule has 7 nitrogen and oxygen atoms in total. The Balaban J connectivity index is 1.84. The molecule has 3 amide bonds. The number of piperidine rings is 1. The summed E-state index contributed by atoms with van der Waals surface area (Å²) in [7, 11) is 1.60. The van der Waals surface area contributed by atoms with Crippen molar-refractivity contribution in [2.75, 3.05) is 46.6 Å². The Kier molecular flexibility index (Phi) is 4.73. The normalized spacial score (nSPS) is 27.1. The van der Waals surface area contributed by atoms with Gasteiger partial charge in [-0.3, -0.25) is 9.69 Å². The van der Waals surface area contributed by atoms with Crippen LogP contribution in [0.1, 0.15) is 12.8 Å². The van der Waals surface area contributed by atoms with Crippen molar-refractivity contribution in [2.45, 2.75) is 18.4 Å². The first-order chi connectivity index (χ1) is 9.19. The van der Waals surface area contributed by atoms with Crippen LogP contribution in [0.25, 0.3) is 0 Å². The fraction of sp³-hybridized carbons (Fsp3) is 0.833. The molecule has 1 atom stereocenters. The number of rotatable bonds is 6. The molecule has 1 spiro atoms. The molecule has 2 aliphatic heterocycles. The summed E-state index contributed by atoms with van der Waals surface area (Å²) in [4.78, 5) is 25.4. The molecular weight excluding hydrogens is 250 g/mol. The molecule has 7 heteroatoms. The van der Waals surface area contributed by atoms with Gasteiger partial charge in [0.2, 0.25) is 0 Å². The average molecular weight is 271 g/mol. The van der Waals surface area contributed by atoms with E-state index in [0.717, 1.165) is 13.0 Å². The van der Waals surface area contributed by atoms with Gasteiger partial charge in [0.15, 0.2) is 0 Å². The number of methoxy groups -OCH3 is 1. The molecule has 0 saturated carbocycles. The number of hydrogen-bond donors (Lipinski definition) is 2. The predicted molar refractivity (Wildman–Crippen MR) is 67.8 cm³/mol. The minimum Gasteiger partial charge on any atom is -0.382 e. The van der Waals surface area contributed by atoms with Gasteiger partial charge in [-0.25, -0.2) is 4.79 Å². The number of carbonyl (C=O) groups is 2. The zero-order valence-electron chi connectivity index (χ0n) is 11.2. The van der Waals surface area contributed by atoms with Crippen LogP contribution >= 0.6 is 0 Å². The lowest BCUT2D eigenvalue weighted by molar-refractivity contribution is -0.132. The van der Waals surface area contributed by atoms with Crippen LogP contribution in [0.4, 0.5) is 4.79 Å². The quantitative estimate of drug-likeness (QED) is 0.494. The van der Waals surface area contributed by atoms with Crippen molar-refractivity contribution in [3.8, 4) is 0 Å². The van der Waals surface area contributed by atoms with Gasteiger partial charge < -0.3 is 20.1 Å². The summed E-state index contributed by atoms with van der Waals surface area (Å²) in [5, 5.41) is 5.98. The summed E-state index contributed by atoms with van der Waals surface area (Å²) in [5.41, 5.74) is -0.734. The Morgan fingerprint density at radius 2 is 2.16 bits per heavy atom. The van der Waals surface area contributed by atoms with Crippen LogP contribution in [0.5, 0.6) is 0 Å². The molecular formula is C12H21N3O4. The van der Waals surface area contributed by atoms with Gasteiger partial charge in [0, 0.05) is 13.7 Å². The van der Waals surface area contributed by atoms with Gasteiger partial charge in [-0.15, -0.1) is 0 Å². The summed E-state index contributed by atoms with van der Waals surface area (Å²) in [6.07, 6.45) is 1.59. The third kappa shape index (κ3) is 3.05. The number of carbonyl (C=O) groups excluding carboxylic acids is 2. The maximum absolute atomic E-state index is 12.3. The Bertz CT molecular complexity index is 342. The fourth-order valence-corrected chi connectivity index (χ4v) is 2.47. The van der Waals surface area contributed by atoms with Crippen LogP contribution in [0.3, 0.4) is 0 Å². The molecule has 0 aromatic carbocycles. The van der Waals surface area contributed by atoms with Gasteiger partial charge in [0.05, 0.1) is 26.4 Å². The molecule has 1 unspecified atom stereocenters. The van der Waals surface area contributed by atoms with Crippen molar-refractivity contribution >= 4 is 11.9 Å². The average Bonchev–Trinajstić information content (AvgIpc) is 2.63. The van der Waals surface area contributed by atoms with Crippen molar-refractivity contribution in [3.05, 3.63) is 0 Å². The van der Waals surface area contributed by atoms with Crippen molar-refractivity contribution in [1.82, 2.24) is 15.5 Å². The van der Waals surface area contributed by atoms with Gasteiger partial charge in [0.25, 0.3) is 5.91 Å². The first kappa shape index (κ1) is 14.2. The van der Waals surface area contributed by atoms with Gasteiger partial charge >= 0.3 is 6.03 Å². The Labute approximate surface area is 112 Å².